The highest BCUT2D eigenvalue weighted by molar-refractivity contribution is 14.1. The van der Waals surface area contributed by atoms with Crippen LogP contribution < -0.4 is 14.8 Å². The molecule has 1 amide bonds. The molecular formula is C29H28FIN2O5. The number of hydrogen-bond acceptors (Lipinski definition) is 6. The van der Waals surface area contributed by atoms with Gasteiger partial charge in [-0.3, -0.25) is 14.4 Å². The van der Waals surface area contributed by atoms with Gasteiger partial charge in [0.1, 0.15) is 5.82 Å². The largest absolute Gasteiger partial charge is 0.493 e. The molecule has 0 spiro atoms. The molecule has 0 aromatic heterocycles. The molecule has 7 nitrogen and oxygen atoms in total. The van der Waals surface area contributed by atoms with Gasteiger partial charge in [0.2, 0.25) is 0 Å². The summed E-state index contributed by atoms with van der Waals surface area (Å²) in [5, 5.41) is 2.67. The Morgan fingerprint density at radius 3 is 2.21 bits per heavy atom. The summed E-state index contributed by atoms with van der Waals surface area (Å²) in [7, 11) is 3.48. The molecular weight excluding hydrogens is 602 g/mol. The fraction of sp³-hybridized carbons (Fsp3) is 0.345. The molecule has 2 aromatic carbocycles. The summed E-state index contributed by atoms with van der Waals surface area (Å²) in [5.41, 5.74) is 4.68. The van der Waals surface area contributed by atoms with Crippen molar-refractivity contribution in [3.05, 3.63) is 73.9 Å². The van der Waals surface area contributed by atoms with Gasteiger partial charge in [-0.15, -0.1) is 0 Å². The lowest BCUT2D eigenvalue weighted by molar-refractivity contribution is -0.118. The SMILES string of the molecule is COc1cc(C2C3=C(CCCC3=O)N(C)C3=C2C(=O)CCC3)cc(I)c1OCC(=O)Nc1ccc(F)cc1. The molecule has 2 aromatic rings. The highest BCUT2D eigenvalue weighted by Crippen LogP contribution is 2.50. The lowest BCUT2D eigenvalue weighted by Crippen LogP contribution is -2.37. The van der Waals surface area contributed by atoms with Crippen molar-refractivity contribution in [3.63, 3.8) is 0 Å². The molecule has 9 heteroatoms. The second kappa shape index (κ2) is 10.9. The minimum atomic E-state index is -0.449. The van der Waals surface area contributed by atoms with Crippen molar-refractivity contribution in [2.75, 3.05) is 26.1 Å². The molecule has 198 valence electrons. The number of ketones is 2. The van der Waals surface area contributed by atoms with Gasteiger partial charge in [0, 0.05) is 54.0 Å². The fourth-order valence-corrected chi connectivity index (χ4v) is 6.38. The molecule has 0 unspecified atom stereocenters. The zero-order chi connectivity index (χ0) is 27.0. The number of anilines is 1. The molecule has 0 bridgehead atoms. The monoisotopic (exact) mass is 630 g/mol. The maximum absolute atomic E-state index is 13.2. The second-order valence-electron chi connectivity index (χ2n) is 9.64. The van der Waals surface area contributed by atoms with Crippen molar-refractivity contribution in [2.24, 2.45) is 0 Å². The lowest BCUT2D eigenvalue weighted by atomic mass is 9.71. The Kier molecular flexibility index (Phi) is 7.56. The number of nitrogens with one attached hydrogen (secondary N) is 1. The van der Waals surface area contributed by atoms with Gasteiger partial charge in [0.15, 0.2) is 29.7 Å². The van der Waals surface area contributed by atoms with E-state index in [0.29, 0.717) is 44.7 Å². The Morgan fingerprint density at radius 1 is 1.03 bits per heavy atom. The van der Waals surface area contributed by atoms with Crippen molar-refractivity contribution >= 4 is 45.8 Å². The van der Waals surface area contributed by atoms with E-state index in [4.69, 9.17) is 9.47 Å². The number of amides is 1. The van der Waals surface area contributed by atoms with E-state index in [2.05, 4.69) is 32.8 Å². The molecule has 0 atom stereocenters. The van der Waals surface area contributed by atoms with Crippen LogP contribution in [0.3, 0.4) is 0 Å². The van der Waals surface area contributed by atoms with Crippen LogP contribution >= 0.6 is 22.6 Å². The van der Waals surface area contributed by atoms with Crippen molar-refractivity contribution < 1.29 is 28.2 Å². The van der Waals surface area contributed by atoms with E-state index in [-0.39, 0.29) is 24.0 Å². The number of carbonyl (C=O) groups excluding carboxylic acids is 3. The first-order chi connectivity index (χ1) is 18.3. The molecule has 5 rings (SSSR count). The normalized spacial score (nSPS) is 17.8. The number of methoxy groups -OCH3 is 1. The number of benzene rings is 2. The Labute approximate surface area is 234 Å². The Bertz CT molecular complexity index is 1340. The lowest BCUT2D eigenvalue weighted by Gasteiger charge is -2.42. The smallest absolute Gasteiger partial charge is 0.262 e. The van der Waals surface area contributed by atoms with Crippen LogP contribution in [0.4, 0.5) is 10.1 Å². The predicted molar refractivity (Wildman–Crippen MR) is 149 cm³/mol. The van der Waals surface area contributed by atoms with Crippen LogP contribution in [0, 0.1) is 9.39 Å². The molecule has 0 saturated heterocycles. The third-order valence-electron chi connectivity index (χ3n) is 7.31. The number of ether oxygens (including phenoxy) is 2. The fourth-order valence-electron chi connectivity index (χ4n) is 5.60. The summed E-state index contributed by atoms with van der Waals surface area (Å²) in [4.78, 5) is 41.0. The average Bonchev–Trinajstić information content (AvgIpc) is 2.90. The summed E-state index contributed by atoms with van der Waals surface area (Å²) in [6.45, 7) is -0.279. The molecule has 1 N–H and O–H groups in total. The number of carbonyl (C=O) groups is 3. The van der Waals surface area contributed by atoms with Crippen LogP contribution in [0.2, 0.25) is 0 Å². The summed E-state index contributed by atoms with van der Waals surface area (Å²) in [6.07, 6.45) is 4.16. The molecule has 0 fully saturated rings. The third kappa shape index (κ3) is 4.95. The summed E-state index contributed by atoms with van der Waals surface area (Å²) in [5.74, 6) is -0.267. The zero-order valence-electron chi connectivity index (χ0n) is 21.2. The van der Waals surface area contributed by atoms with E-state index in [9.17, 15) is 18.8 Å². The van der Waals surface area contributed by atoms with E-state index in [1.54, 1.807) is 0 Å². The maximum Gasteiger partial charge on any atom is 0.262 e. The van der Waals surface area contributed by atoms with Gasteiger partial charge in [0.25, 0.3) is 5.91 Å². The van der Waals surface area contributed by atoms with Crippen LogP contribution in [0.25, 0.3) is 0 Å². The molecule has 0 radical (unpaired) electrons. The van der Waals surface area contributed by atoms with Gasteiger partial charge in [-0.2, -0.15) is 0 Å². The summed E-state index contributed by atoms with van der Waals surface area (Å²) >= 11 is 2.12. The Balaban J connectivity index is 1.47. The first-order valence-electron chi connectivity index (χ1n) is 12.6. The van der Waals surface area contributed by atoms with E-state index >= 15 is 0 Å². The van der Waals surface area contributed by atoms with Crippen LogP contribution in [0.1, 0.15) is 50.0 Å². The van der Waals surface area contributed by atoms with Crippen molar-refractivity contribution in [1.29, 1.82) is 0 Å². The van der Waals surface area contributed by atoms with E-state index in [0.717, 1.165) is 42.6 Å². The Morgan fingerprint density at radius 2 is 1.63 bits per heavy atom. The van der Waals surface area contributed by atoms with Gasteiger partial charge in [0.05, 0.1) is 10.7 Å². The van der Waals surface area contributed by atoms with Gasteiger partial charge in [-0.25, -0.2) is 4.39 Å². The number of halogens is 2. The third-order valence-corrected chi connectivity index (χ3v) is 8.11. The van der Waals surface area contributed by atoms with Gasteiger partial charge < -0.3 is 19.7 Å². The molecule has 1 heterocycles. The number of nitrogens with zero attached hydrogens (tertiary/aromatic N) is 1. The standard InChI is InChI=1S/C29H28FIN2O5/c1-33-20-5-3-7-22(34)27(20)26(28-21(33)6-4-8-23(28)35)16-13-19(31)29(24(14-16)37-2)38-15-25(36)32-18-11-9-17(30)10-12-18/h9-14,26H,3-8,15H2,1-2H3,(H,32,36). The number of hydrogen-bond donors (Lipinski definition) is 1. The highest BCUT2D eigenvalue weighted by Gasteiger charge is 2.42. The first-order valence-corrected chi connectivity index (χ1v) is 13.7. The van der Waals surface area contributed by atoms with E-state index < -0.39 is 11.8 Å². The first kappa shape index (κ1) is 26.4. The maximum atomic E-state index is 13.2. The molecule has 38 heavy (non-hydrogen) atoms. The van der Waals surface area contributed by atoms with Gasteiger partial charge in [-0.05, 0) is 90.2 Å². The van der Waals surface area contributed by atoms with Crippen molar-refractivity contribution in [3.8, 4) is 11.5 Å². The number of Topliss-reactive ketones (excluding diaryl/α,β-unsaturated/α-hetero) is 2. The van der Waals surface area contributed by atoms with Crippen LogP contribution in [-0.2, 0) is 14.4 Å². The molecule has 1 aliphatic heterocycles. The minimum absolute atomic E-state index is 0.0831. The quantitative estimate of drug-likeness (QED) is 0.425. The van der Waals surface area contributed by atoms with Crippen LogP contribution in [-0.4, -0.2) is 43.1 Å². The van der Waals surface area contributed by atoms with Crippen molar-refractivity contribution in [1.82, 2.24) is 4.90 Å². The molecule has 0 saturated carbocycles. The average molecular weight is 630 g/mol. The van der Waals surface area contributed by atoms with E-state index in [1.807, 2.05) is 19.2 Å². The zero-order valence-corrected chi connectivity index (χ0v) is 23.4. The van der Waals surface area contributed by atoms with Crippen molar-refractivity contribution in [2.45, 2.75) is 44.4 Å². The van der Waals surface area contributed by atoms with Crippen LogP contribution in [0.5, 0.6) is 11.5 Å². The predicted octanol–water partition coefficient (Wildman–Crippen LogP) is 5.50. The molecule has 2 aliphatic carbocycles. The summed E-state index contributed by atoms with van der Waals surface area (Å²) < 4.78 is 25.3. The topological polar surface area (TPSA) is 84.9 Å². The number of allylic oxidation sites excluding steroid dienone is 4. The molecule has 3 aliphatic rings. The highest BCUT2D eigenvalue weighted by atomic mass is 127. The minimum Gasteiger partial charge on any atom is -0.493 e. The summed E-state index contributed by atoms with van der Waals surface area (Å²) in [6, 6.07) is 9.19. The van der Waals surface area contributed by atoms with Crippen LogP contribution in [0.15, 0.2) is 58.9 Å². The van der Waals surface area contributed by atoms with E-state index in [1.165, 1.54) is 31.4 Å². The second-order valence-corrected chi connectivity index (χ2v) is 10.8. The Hall–Kier alpha value is -3.21. The number of rotatable bonds is 6. The van der Waals surface area contributed by atoms with Gasteiger partial charge in [-0.1, -0.05) is 0 Å². The van der Waals surface area contributed by atoms with Gasteiger partial charge >= 0.3 is 0 Å².